The maximum Gasteiger partial charge on any atom is 0.408 e. The molecule has 2 fully saturated rings. The number of likely N-dealkylation sites (tertiary alicyclic amines) is 1. The van der Waals surface area contributed by atoms with Gasteiger partial charge >= 0.3 is 6.09 Å². The highest BCUT2D eigenvalue weighted by Gasteiger charge is 2.47. The lowest BCUT2D eigenvalue weighted by atomic mass is 9.80. The van der Waals surface area contributed by atoms with Crippen LogP contribution in [0.1, 0.15) is 58.9 Å². The molecule has 0 spiro atoms. The molecule has 3 rings (SSSR count). The summed E-state index contributed by atoms with van der Waals surface area (Å²) in [7, 11) is 0. The van der Waals surface area contributed by atoms with E-state index in [4.69, 9.17) is 10.5 Å². The maximum atomic E-state index is 13.5. The zero-order valence-electron chi connectivity index (χ0n) is 18.3. The van der Waals surface area contributed by atoms with E-state index in [9.17, 15) is 14.9 Å². The normalized spacial score (nSPS) is 24.8. The van der Waals surface area contributed by atoms with E-state index in [1.165, 1.54) is 0 Å². The zero-order chi connectivity index (χ0) is 22.1. The molecule has 162 valence electrons. The van der Waals surface area contributed by atoms with Crippen LogP contribution >= 0.6 is 0 Å². The van der Waals surface area contributed by atoms with E-state index in [1.54, 1.807) is 25.7 Å². The van der Waals surface area contributed by atoms with E-state index in [0.717, 1.165) is 18.4 Å². The molecule has 0 aromatic heterocycles. The Hall–Kier alpha value is -2.75. The summed E-state index contributed by atoms with van der Waals surface area (Å²) in [5.41, 5.74) is 6.73. The van der Waals surface area contributed by atoms with Gasteiger partial charge in [-0.3, -0.25) is 4.79 Å². The minimum Gasteiger partial charge on any atom is -0.444 e. The largest absolute Gasteiger partial charge is 0.444 e. The van der Waals surface area contributed by atoms with Gasteiger partial charge < -0.3 is 20.7 Å². The van der Waals surface area contributed by atoms with Gasteiger partial charge in [0, 0.05) is 17.6 Å². The molecule has 1 heterocycles. The van der Waals surface area contributed by atoms with E-state index in [2.05, 4.69) is 11.4 Å². The Kier molecular flexibility index (Phi) is 5.98. The summed E-state index contributed by atoms with van der Waals surface area (Å²) in [4.78, 5) is 27.4. The molecule has 1 aliphatic carbocycles. The Morgan fingerprint density at radius 1 is 1.37 bits per heavy atom. The molecule has 1 saturated heterocycles. The Morgan fingerprint density at radius 2 is 2.03 bits per heavy atom. The molecule has 1 saturated carbocycles. The molecular formula is C23H32N4O3. The number of nitrogens with zero attached hydrogens (tertiary/aromatic N) is 2. The standard InChI is InChI=1S/C23H32N4O3/c1-22(2,3)30-21(29)26-19(11-15-9-10-15)20(28)27-14-23(4,12-16(27)13-24)17-7-5-6-8-18(17)25/h5-8,15-16,19H,9-12,14,25H2,1-4H3,(H,26,29)/t16-,19-,23+/m0/s1. The number of hydrogen-bond acceptors (Lipinski definition) is 5. The molecule has 30 heavy (non-hydrogen) atoms. The van der Waals surface area contributed by atoms with E-state index in [0.29, 0.717) is 31.0 Å². The molecular weight excluding hydrogens is 380 g/mol. The number of carbonyl (C=O) groups excluding carboxylic acids is 2. The summed E-state index contributed by atoms with van der Waals surface area (Å²) < 4.78 is 5.36. The van der Waals surface area contributed by atoms with Gasteiger partial charge in [-0.05, 0) is 51.2 Å². The van der Waals surface area contributed by atoms with Crippen LogP contribution in [-0.4, -0.2) is 41.1 Å². The second-order valence-corrected chi connectivity index (χ2v) is 9.84. The van der Waals surface area contributed by atoms with Gasteiger partial charge in [0.15, 0.2) is 0 Å². The minimum atomic E-state index is -0.696. The number of carbonyl (C=O) groups is 2. The average Bonchev–Trinajstić information content (AvgIpc) is 3.39. The molecule has 1 aromatic carbocycles. The Morgan fingerprint density at radius 3 is 2.60 bits per heavy atom. The van der Waals surface area contributed by atoms with Crippen molar-refractivity contribution in [2.24, 2.45) is 5.92 Å². The third kappa shape index (κ3) is 5.05. The highest BCUT2D eigenvalue weighted by Crippen LogP contribution is 2.41. The summed E-state index contributed by atoms with van der Waals surface area (Å²) >= 11 is 0. The quantitative estimate of drug-likeness (QED) is 0.721. The van der Waals surface area contributed by atoms with Crippen molar-refractivity contribution in [3.8, 4) is 6.07 Å². The number of ether oxygens (including phenoxy) is 1. The van der Waals surface area contributed by atoms with Crippen molar-refractivity contribution in [1.82, 2.24) is 10.2 Å². The van der Waals surface area contributed by atoms with Gasteiger partial charge in [0.05, 0.1) is 6.07 Å². The molecule has 3 atom stereocenters. The lowest BCUT2D eigenvalue weighted by Gasteiger charge is -2.29. The molecule has 7 heteroatoms. The molecule has 0 bridgehead atoms. The predicted molar refractivity (Wildman–Crippen MR) is 114 cm³/mol. The van der Waals surface area contributed by atoms with Crippen molar-refractivity contribution in [3.05, 3.63) is 29.8 Å². The molecule has 0 radical (unpaired) electrons. The number of hydrogen-bond donors (Lipinski definition) is 2. The van der Waals surface area contributed by atoms with E-state index >= 15 is 0 Å². The van der Waals surface area contributed by atoms with Gasteiger partial charge in [0.1, 0.15) is 17.7 Å². The van der Waals surface area contributed by atoms with Crippen LogP contribution in [0.2, 0.25) is 0 Å². The first-order valence-corrected chi connectivity index (χ1v) is 10.6. The number of benzene rings is 1. The fourth-order valence-electron chi connectivity index (χ4n) is 4.23. The number of para-hydroxylation sites is 1. The smallest absolute Gasteiger partial charge is 0.408 e. The summed E-state index contributed by atoms with van der Waals surface area (Å²) in [5.74, 6) is 0.200. The lowest BCUT2D eigenvalue weighted by Crippen LogP contribution is -2.51. The number of amides is 2. The average molecular weight is 413 g/mol. The van der Waals surface area contributed by atoms with Crippen molar-refractivity contribution in [1.29, 1.82) is 5.26 Å². The third-order valence-corrected chi connectivity index (χ3v) is 5.84. The van der Waals surface area contributed by atoms with Gasteiger partial charge in [-0.1, -0.05) is 38.0 Å². The maximum absolute atomic E-state index is 13.5. The first kappa shape index (κ1) is 21.9. The number of nitrogens with one attached hydrogen (secondary N) is 1. The monoisotopic (exact) mass is 412 g/mol. The summed E-state index contributed by atoms with van der Waals surface area (Å²) in [6, 6.07) is 8.60. The SMILES string of the molecule is CC(C)(C)OC(=O)N[C@@H](CC1CC1)C(=O)N1C[C@](C)(c2ccccc2N)C[C@H]1C#N. The lowest BCUT2D eigenvalue weighted by molar-refractivity contribution is -0.134. The van der Waals surface area contributed by atoms with Crippen molar-refractivity contribution in [2.75, 3.05) is 12.3 Å². The fourth-order valence-corrected chi connectivity index (χ4v) is 4.23. The van der Waals surface area contributed by atoms with Crippen LogP contribution in [0, 0.1) is 17.2 Å². The van der Waals surface area contributed by atoms with Crippen molar-refractivity contribution >= 4 is 17.7 Å². The highest BCUT2D eigenvalue weighted by atomic mass is 16.6. The van der Waals surface area contributed by atoms with Crippen LogP contribution in [0.4, 0.5) is 10.5 Å². The third-order valence-electron chi connectivity index (χ3n) is 5.84. The number of anilines is 1. The van der Waals surface area contributed by atoms with Gasteiger partial charge in [0.2, 0.25) is 5.91 Å². The molecule has 0 unspecified atom stereocenters. The van der Waals surface area contributed by atoms with Crippen LogP contribution in [-0.2, 0) is 14.9 Å². The Bertz CT molecular complexity index is 853. The van der Waals surface area contributed by atoms with Gasteiger partial charge in [-0.25, -0.2) is 4.79 Å². The highest BCUT2D eigenvalue weighted by molar-refractivity contribution is 5.86. The molecule has 1 aliphatic heterocycles. The second kappa shape index (κ2) is 8.17. The van der Waals surface area contributed by atoms with Crippen molar-refractivity contribution < 1.29 is 14.3 Å². The number of nitrogens with two attached hydrogens (primary N) is 1. The topological polar surface area (TPSA) is 108 Å². The minimum absolute atomic E-state index is 0.225. The first-order valence-electron chi connectivity index (χ1n) is 10.6. The first-order chi connectivity index (χ1) is 14.0. The fraction of sp³-hybridized carbons (Fsp3) is 0.609. The molecule has 2 amide bonds. The van der Waals surface area contributed by atoms with E-state index in [1.807, 2.05) is 31.2 Å². The predicted octanol–water partition coefficient (Wildman–Crippen LogP) is 3.34. The Balaban J connectivity index is 1.80. The Labute approximate surface area is 178 Å². The summed E-state index contributed by atoms with van der Waals surface area (Å²) in [6.45, 7) is 7.77. The number of nitrogen functional groups attached to an aromatic ring is 1. The van der Waals surface area contributed by atoms with Crippen LogP contribution in [0.25, 0.3) is 0 Å². The number of nitriles is 1. The molecule has 7 nitrogen and oxygen atoms in total. The summed E-state index contributed by atoms with van der Waals surface area (Å²) in [5, 5.41) is 12.5. The van der Waals surface area contributed by atoms with Gasteiger partial charge in [0.25, 0.3) is 0 Å². The van der Waals surface area contributed by atoms with Crippen LogP contribution in [0.5, 0.6) is 0 Å². The molecule has 3 N–H and O–H groups in total. The van der Waals surface area contributed by atoms with Crippen molar-refractivity contribution in [3.63, 3.8) is 0 Å². The van der Waals surface area contributed by atoms with E-state index < -0.39 is 29.2 Å². The van der Waals surface area contributed by atoms with Crippen LogP contribution < -0.4 is 11.1 Å². The van der Waals surface area contributed by atoms with Crippen LogP contribution in [0.15, 0.2) is 24.3 Å². The van der Waals surface area contributed by atoms with Gasteiger partial charge in [-0.15, -0.1) is 0 Å². The van der Waals surface area contributed by atoms with Gasteiger partial charge in [-0.2, -0.15) is 5.26 Å². The number of rotatable bonds is 5. The van der Waals surface area contributed by atoms with Crippen LogP contribution in [0.3, 0.4) is 0 Å². The molecule has 1 aromatic rings. The molecule has 2 aliphatic rings. The van der Waals surface area contributed by atoms with E-state index in [-0.39, 0.29) is 5.91 Å². The second-order valence-electron chi connectivity index (χ2n) is 9.84. The number of alkyl carbamates (subject to hydrolysis) is 1. The van der Waals surface area contributed by atoms with Crippen molar-refractivity contribution in [2.45, 2.75) is 76.5 Å². The summed E-state index contributed by atoms with van der Waals surface area (Å²) in [6.07, 6.45) is 2.58. The zero-order valence-corrected chi connectivity index (χ0v) is 18.3.